The molecule has 2 N–H and O–H groups in total. The third-order valence-corrected chi connectivity index (χ3v) is 3.61. The lowest BCUT2D eigenvalue weighted by Crippen LogP contribution is -2.32. The summed E-state index contributed by atoms with van der Waals surface area (Å²) >= 11 is 0. The van der Waals surface area contributed by atoms with Crippen molar-refractivity contribution in [3.05, 3.63) is 35.4 Å². The van der Waals surface area contributed by atoms with Gasteiger partial charge in [0.15, 0.2) is 0 Å². The van der Waals surface area contributed by atoms with E-state index in [1.165, 1.54) is 11.1 Å². The Morgan fingerprint density at radius 1 is 1.44 bits per heavy atom. The Bertz CT molecular complexity index is 361. The van der Waals surface area contributed by atoms with Gasteiger partial charge in [0.25, 0.3) is 0 Å². The fourth-order valence-corrected chi connectivity index (χ4v) is 2.55. The lowest BCUT2D eigenvalue weighted by molar-refractivity contribution is 0.104. The van der Waals surface area contributed by atoms with E-state index < -0.39 is 0 Å². The van der Waals surface area contributed by atoms with Gasteiger partial charge in [-0.1, -0.05) is 31.2 Å². The van der Waals surface area contributed by atoms with Crippen LogP contribution in [0.5, 0.6) is 0 Å². The second-order valence-corrected chi connectivity index (χ2v) is 4.83. The molecule has 0 saturated carbocycles. The summed E-state index contributed by atoms with van der Waals surface area (Å²) in [6.07, 6.45) is 3.59. The van der Waals surface area contributed by atoms with E-state index in [2.05, 4.69) is 30.4 Å². The van der Waals surface area contributed by atoms with E-state index in [9.17, 15) is 5.11 Å². The molecule has 0 aliphatic carbocycles. The summed E-state index contributed by atoms with van der Waals surface area (Å²) in [4.78, 5) is 0. The van der Waals surface area contributed by atoms with Crippen molar-refractivity contribution >= 4 is 0 Å². The Balaban J connectivity index is 1.98. The van der Waals surface area contributed by atoms with E-state index in [1.54, 1.807) is 0 Å². The molecule has 3 nitrogen and oxygen atoms in total. The second-order valence-electron chi connectivity index (χ2n) is 4.83. The van der Waals surface area contributed by atoms with Crippen molar-refractivity contribution in [1.82, 2.24) is 5.32 Å². The third-order valence-electron chi connectivity index (χ3n) is 3.61. The van der Waals surface area contributed by atoms with E-state index in [1.807, 2.05) is 6.07 Å². The highest BCUT2D eigenvalue weighted by molar-refractivity contribution is 5.30. The Morgan fingerprint density at radius 2 is 2.28 bits per heavy atom. The van der Waals surface area contributed by atoms with E-state index in [-0.39, 0.29) is 12.6 Å². The van der Waals surface area contributed by atoms with Crippen LogP contribution in [-0.2, 0) is 11.2 Å². The highest BCUT2D eigenvalue weighted by atomic mass is 16.5. The zero-order chi connectivity index (χ0) is 12.8. The van der Waals surface area contributed by atoms with Crippen molar-refractivity contribution in [2.45, 2.75) is 38.3 Å². The molecule has 0 amide bonds. The average molecular weight is 249 g/mol. The van der Waals surface area contributed by atoms with Crippen LogP contribution >= 0.6 is 0 Å². The number of aliphatic hydroxyl groups is 1. The number of rotatable bonds is 6. The van der Waals surface area contributed by atoms with Gasteiger partial charge in [0.2, 0.25) is 0 Å². The molecule has 100 valence electrons. The number of hydrogen-bond acceptors (Lipinski definition) is 3. The lowest BCUT2D eigenvalue weighted by Gasteiger charge is -2.21. The molecule has 0 bridgehead atoms. The highest BCUT2D eigenvalue weighted by Gasteiger charge is 2.18. The van der Waals surface area contributed by atoms with Gasteiger partial charge in [0, 0.05) is 13.2 Å². The molecule has 1 heterocycles. The van der Waals surface area contributed by atoms with Gasteiger partial charge in [-0.2, -0.15) is 0 Å². The summed E-state index contributed by atoms with van der Waals surface area (Å²) in [5.41, 5.74) is 2.51. The first-order valence-electron chi connectivity index (χ1n) is 6.88. The number of hydrogen-bond donors (Lipinski definition) is 2. The van der Waals surface area contributed by atoms with Crippen molar-refractivity contribution in [2.24, 2.45) is 0 Å². The number of nitrogens with one attached hydrogen (secondary N) is 1. The van der Waals surface area contributed by atoms with Crippen molar-refractivity contribution in [3.63, 3.8) is 0 Å². The molecule has 1 aromatic rings. The molecule has 1 fully saturated rings. The van der Waals surface area contributed by atoms with Crippen LogP contribution in [0.25, 0.3) is 0 Å². The average Bonchev–Trinajstić information content (AvgIpc) is 2.93. The molecule has 2 atom stereocenters. The van der Waals surface area contributed by atoms with Gasteiger partial charge < -0.3 is 15.2 Å². The van der Waals surface area contributed by atoms with E-state index >= 15 is 0 Å². The molecular formula is C15H23NO2. The monoisotopic (exact) mass is 249 g/mol. The van der Waals surface area contributed by atoms with Crippen LogP contribution in [-0.4, -0.2) is 31.0 Å². The zero-order valence-corrected chi connectivity index (χ0v) is 11.1. The topological polar surface area (TPSA) is 41.5 Å². The van der Waals surface area contributed by atoms with Crippen molar-refractivity contribution in [1.29, 1.82) is 0 Å². The van der Waals surface area contributed by atoms with Crippen LogP contribution in [0.15, 0.2) is 24.3 Å². The molecule has 1 saturated heterocycles. The number of ether oxygens (including phenoxy) is 1. The first kappa shape index (κ1) is 13.5. The van der Waals surface area contributed by atoms with Crippen LogP contribution in [0.1, 0.15) is 36.9 Å². The minimum atomic E-state index is 0.0188. The molecule has 2 unspecified atom stereocenters. The maximum Gasteiger partial charge on any atom is 0.0700 e. The molecule has 0 aromatic heterocycles. The molecule has 1 aromatic carbocycles. The molecule has 2 rings (SSSR count). The van der Waals surface area contributed by atoms with E-state index in [4.69, 9.17) is 4.74 Å². The summed E-state index contributed by atoms with van der Waals surface area (Å²) in [6.45, 7) is 3.97. The maximum absolute atomic E-state index is 9.57. The van der Waals surface area contributed by atoms with Gasteiger partial charge in [-0.15, -0.1) is 0 Å². The predicted octanol–water partition coefficient (Wildman–Crippen LogP) is 2.05. The smallest absolute Gasteiger partial charge is 0.0700 e. The van der Waals surface area contributed by atoms with Gasteiger partial charge in [-0.3, -0.25) is 0 Å². The summed E-state index contributed by atoms with van der Waals surface area (Å²) < 4.78 is 5.60. The fourth-order valence-electron chi connectivity index (χ4n) is 2.55. The minimum Gasteiger partial charge on any atom is -0.394 e. The van der Waals surface area contributed by atoms with Crippen LogP contribution in [0, 0.1) is 0 Å². The molecule has 18 heavy (non-hydrogen) atoms. The first-order chi connectivity index (χ1) is 8.85. The Hall–Kier alpha value is -0.900. The SMILES string of the molecule is CCc1ccccc1C(CO)NCC1CCCO1. The van der Waals surface area contributed by atoms with Crippen molar-refractivity contribution < 1.29 is 9.84 Å². The van der Waals surface area contributed by atoms with E-state index in [0.717, 1.165) is 32.4 Å². The van der Waals surface area contributed by atoms with Crippen LogP contribution in [0.2, 0.25) is 0 Å². The maximum atomic E-state index is 9.57. The number of aliphatic hydroxyl groups excluding tert-OH is 1. The van der Waals surface area contributed by atoms with Gasteiger partial charge >= 0.3 is 0 Å². The van der Waals surface area contributed by atoms with Crippen LogP contribution in [0.3, 0.4) is 0 Å². The lowest BCUT2D eigenvalue weighted by atomic mass is 9.99. The first-order valence-corrected chi connectivity index (χ1v) is 6.88. The van der Waals surface area contributed by atoms with Crippen molar-refractivity contribution in [3.8, 4) is 0 Å². The molecule has 1 aliphatic rings. The van der Waals surface area contributed by atoms with Gasteiger partial charge in [-0.25, -0.2) is 0 Å². The summed E-state index contributed by atoms with van der Waals surface area (Å²) in [5.74, 6) is 0. The molecule has 1 aliphatic heterocycles. The molecule has 3 heteroatoms. The quantitative estimate of drug-likeness (QED) is 0.811. The van der Waals surface area contributed by atoms with E-state index in [0.29, 0.717) is 6.10 Å². The largest absolute Gasteiger partial charge is 0.394 e. The fraction of sp³-hybridized carbons (Fsp3) is 0.600. The van der Waals surface area contributed by atoms with Crippen LogP contribution < -0.4 is 5.32 Å². The minimum absolute atomic E-state index is 0.0188. The molecule has 0 radical (unpaired) electrons. The zero-order valence-electron chi connectivity index (χ0n) is 11.1. The normalized spacial score (nSPS) is 21.1. The number of benzene rings is 1. The number of aryl methyl sites for hydroxylation is 1. The van der Waals surface area contributed by atoms with Crippen molar-refractivity contribution in [2.75, 3.05) is 19.8 Å². The predicted molar refractivity (Wildman–Crippen MR) is 72.6 cm³/mol. The highest BCUT2D eigenvalue weighted by Crippen LogP contribution is 2.19. The van der Waals surface area contributed by atoms with Gasteiger partial charge in [0.1, 0.15) is 0 Å². The Morgan fingerprint density at radius 3 is 2.94 bits per heavy atom. The Kier molecular flexibility index (Phi) is 5.17. The second kappa shape index (κ2) is 6.88. The summed E-state index contributed by atoms with van der Waals surface area (Å²) in [5, 5.41) is 13.0. The molecular weight excluding hydrogens is 226 g/mol. The standard InChI is InChI=1S/C15H23NO2/c1-2-12-6-3-4-8-14(12)15(11-17)16-10-13-7-5-9-18-13/h3-4,6,8,13,15-17H,2,5,7,9-11H2,1H3. The van der Waals surface area contributed by atoms with Gasteiger partial charge in [0.05, 0.1) is 18.8 Å². The van der Waals surface area contributed by atoms with Crippen LogP contribution in [0.4, 0.5) is 0 Å². The summed E-state index contributed by atoms with van der Waals surface area (Å²) in [6, 6.07) is 8.33. The Labute approximate surface area is 109 Å². The third kappa shape index (κ3) is 3.31. The van der Waals surface area contributed by atoms with Gasteiger partial charge in [-0.05, 0) is 30.4 Å². The molecule has 0 spiro atoms. The summed E-state index contributed by atoms with van der Waals surface area (Å²) in [7, 11) is 0.